The van der Waals surface area contributed by atoms with Crippen LogP contribution < -0.4 is 15.2 Å². The molecule has 0 aliphatic rings. The van der Waals surface area contributed by atoms with E-state index in [1.54, 1.807) is 13.8 Å². The van der Waals surface area contributed by atoms with Crippen LogP contribution >= 0.6 is 12.6 Å². The van der Waals surface area contributed by atoms with E-state index in [1.807, 2.05) is 0 Å². The Morgan fingerprint density at radius 1 is 1.08 bits per heavy atom. The van der Waals surface area contributed by atoms with Gasteiger partial charge in [-0.05, 0) is 13.8 Å². The van der Waals surface area contributed by atoms with Gasteiger partial charge in [0.05, 0.1) is 23.8 Å². The molecule has 0 spiro atoms. The standard InChI is InChI=1S/C15H19F2N3O3S/c1-15(2,24)14-19-10-7(13(18)20-14)8(16)11(22-4)12(9(10)17)23-6-5-21-3/h24H,5-6H2,1-4H3,(H2,18,19,20). The molecule has 2 aromatic rings. The summed E-state index contributed by atoms with van der Waals surface area (Å²) < 4.78 is 43.9. The lowest BCUT2D eigenvalue weighted by Crippen LogP contribution is -2.16. The zero-order chi connectivity index (χ0) is 18.1. The van der Waals surface area contributed by atoms with Crippen molar-refractivity contribution in [2.45, 2.75) is 18.6 Å². The van der Waals surface area contributed by atoms with E-state index >= 15 is 0 Å². The van der Waals surface area contributed by atoms with Gasteiger partial charge in [0, 0.05) is 7.11 Å². The van der Waals surface area contributed by atoms with Crippen molar-refractivity contribution in [1.29, 1.82) is 0 Å². The highest BCUT2D eigenvalue weighted by Crippen LogP contribution is 2.41. The molecular formula is C15H19F2N3O3S. The Balaban J connectivity index is 2.76. The molecule has 6 nitrogen and oxygen atoms in total. The number of hydrogen-bond acceptors (Lipinski definition) is 7. The van der Waals surface area contributed by atoms with Crippen LogP contribution in [0.1, 0.15) is 19.7 Å². The summed E-state index contributed by atoms with van der Waals surface area (Å²) >= 11 is 4.34. The number of anilines is 1. The molecule has 0 saturated heterocycles. The molecule has 1 aromatic carbocycles. The van der Waals surface area contributed by atoms with Gasteiger partial charge in [0.1, 0.15) is 23.8 Å². The van der Waals surface area contributed by atoms with Crippen LogP contribution in [-0.4, -0.2) is 37.4 Å². The lowest BCUT2D eigenvalue weighted by Gasteiger charge is -2.19. The van der Waals surface area contributed by atoms with Crippen molar-refractivity contribution in [3.05, 3.63) is 17.5 Å². The van der Waals surface area contributed by atoms with E-state index in [1.165, 1.54) is 14.2 Å². The number of halogens is 2. The van der Waals surface area contributed by atoms with Crippen LogP contribution in [0, 0.1) is 11.6 Å². The highest BCUT2D eigenvalue weighted by molar-refractivity contribution is 7.81. The number of hydrogen-bond donors (Lipinski definition) is 2. The van der Waals surface area contributed by atoms with Crippen molar-refractivity contribution in [3.63, 3.8) is 0 Å². The van der Waals surface area contributed by atoms with E-state index in [0.29, 0.717) is 0 Å². The first-order chi connectivity index (χ1) is 11.2. The molecule has 0 aliphatic heterocycles. The van der Waals surface area contributed by atoms with Crippen molar-refractivity contribution in [1.82, 2.24) is 9.97 Å². The highest BCUT2D eigenvalue weighted by atomic mass is 32.1. The zero-order valence-corrected chi connectivity index (χ0v) is 14.7. The zero-order valence-electron chi connectivity index (χ0n) is 13.8. The summed E-state index contributed by atoms with van der Waals surface area (Å²) in [5.74, 6) is -2.59. The van der Waals surface area contributed by atoms with Gasteiger partial charge >= 0.3 is 0 Å². The largest absolute Gasteiger partial charge is 0.490 e. The van der Waals surface area contributed by atoms with Gasteiger partial charge in [0.2, 0.25) is 11.5 Å². The van der Waals surface area contributed by atoms with E-state index in [-0.39, 0.29) is 41.5 Å². The molecule has 0 amide bonds. The van der Waals surface area contributed by atoms with E-state index in [9.17, 15) is 8.78 Å². The molecular weight excluding hydrogens is 340 g/mol. The summed E-state index contributed by atoms with van der Waals surface area (Å²) in [7, 11) is 2.67. The van der Waals surface area contributed by atoms with Crippen LogP contribution in [0.3, 0.4) is 0 Å². The van der Waals surface area contributed by atoms with E-state index in [0.717, 1.165) is 0 Å². The van der Waals surface area contributed by atoms with Crippen molar-refractivity contribution in [3.8, 4) is 11.5 Å². The van der Waals surface area contributed by atoms with Gasteiger partial charge in [0.25, 0.3) is 0 Å². The van der Waals surface area contributed by atoms with Gasteiger partial charge < -0.3 is 19.9 Å². The summed E-state index contributed by atoms with van der Waals surface area (Å²) in [4.78, 5) is 8.10. The molecule has 0 aliphatic carbocycles. The maximum atomic E-state index is 14.9. The predicted molar refractivity (Wildman–Crippen MR) is 89.8 cm³/mol. The molecule has 2 N–H and O–H groups in total. The molecule has 0 radical (unpaired) electrons. The Kier molecular flexibility index (Phi) is 5.34. The Hall–Kier alpha value is -1.87. The first-order valence-electron chi connectivity index (χ1n) is 7.09. The Labute approximate surface area is 143 Å². The van der Waals surface area contributed by atoms with E-state index < -0.39 is 22.1 Å². The molecule has 0 fully saturated rings. The number of ether oxygens (including phenoxy) is 3. The number of nitrogen functional groups attached to an aromatic ring is 1. The van der Waals surface area contributed by atoms with Gasteiger partial charge in [-0.25, -0.2) is 18.7 Å². The second-order valence-corrected chi connectivity index (χ2v) is 6.66. The van der Waals surface area contributed by atoms with E-state index in [2.05, 4.69) is 22.6 Å². The number of fused-ring (bicyclic) bond motifs is 1. The first-order valence-corrected chi connectivity index (χ1v) is 7.53. The summed E-state index contributed by atoms with van der Waals surface area (Å²) in [5, 5.41) is -0.259. The van der Waals surface area contributed by atoms with Crippen molar-refractivity contribution in [2.24, 2.45) is 0 Å². The topological polar surface area (TPSA) is 79.5 Å². The van der Waals surface area contributed by atoms with E-state index in [4.69, 9.17) is 19.9 Å². The Bertz CT molecular complexity index is 766. The second-order valence-electron chi connectivity index (χ2n) is 5.55. The third-order valence-corrected chi connectivity index (χ3v) is 3.45. The Morgan fingerprint density at radius 2 is 1.75 bits per heavy atom. The SMILES string of the molecule is COCCOc1c(OC)c(F)c2c(N)nc(C(C)(C)S)nc2c1F. The number of rotatable bonds is 6. The van der Waals surface area contributed by atoms with Crippen molar-refractivity contribution < 1.29 is 23.0 Å². The molecule has 132 valence electrons. The lowest BCUT2D eigenvalue weighted by atomic mass is 10.1. The molecule has 0 unspecified atom stereocenters. The predicted octanol–water partition coefficient (Wildman–Crippen LogP) is 2.69. The van der Waals surface area contributed by atoms with Gasteiger partial charge in [-0.15, -0.1) is 0 Å². The van der Waals surface area contributed by atoms with Crippen LogP contribution in [0.2, 0.25) is 0 Å². The average Bonchev–Trinajstić information content (AvgIpc) is 2.50. The van der Waals surface area contributed by atoms with Gasteiger partial charge in [-0.2, -0.15) is 12.6 Å². The fourth-order valence-corrected chi connectivity index (χ4v) is 2.19. The van der Waals surface area contributed by atoms with Crippen LogP contribution in [0.25, 0.3) is 10.9 Å². The smallest absolute Gasteiger partial charge is 0.202 e. The summed E-state index contributed by atoms with van der Waals surface area (Å²) in [6.45, 7) is 3.64. The van der Waals surface area contributed by atoms with Crippen LogP contribution in [0.15, 0.2) is 0 Å². The normalized spacial score (nSPS) is 11.8. The fourth-order valence-electron chi connectivity index (χ4n) is 2.09. The molecule has 0 bridgehead atoms. The minimum absolute atomic E-state index is 0.0141. The maximum Gasteiger partial charge on any atom is 0.202 e. The summed E-state index contributed by atoms with van der Waals surface area (Å²) in [6.07, 6.45) is 0. The Morgan fingerprint density at radius 3 is 2.29 bits per heavy atom. The maximum absolute atomic E-state index is 14.9. The lowest BCUT2D eigenvalue weighted by molar-refractivity contribution is 0.141. The third-order valence-electron chi connectivity index (χ3n) is 3.25. The monoisotopic (exact) mass is 359 g/mol. The first kappa shape index (κ1) is 18.5. The number of benzene rings is 1. The fraction of sp³-hybridized carbons (Fsp3) is 0.467. The number of nitrogens with two attached hydrogens (primary N) is 1. The molecule has 2 rings (SSSR count). The molecule has 1 heterocycles. The second kappa shape index (κ2) is 6.94. The van der Waals surface area contributed by atoms with Crippen molar-refractivity contribution >= 4 is 29.3 Å². The summed E-state index contributed by atoms with van der Waals surface area (Å²) in [6, 6.07) is 0. The molecule has 24 heavy (non-hydrogen) atoms. The minimum Gasteiger partial charge on any atom is -0.490 e. The molecule has 0 atom stereocenters. The summed E-state index contributed by atoms with van der Waals surface area (Å²) in [5.41, 5.74) is 5.52. The quantitative estimate of drug-likeness (QED) is 0.610. The number of thiol groups is 1. The number of methoxy groups -OCH3 is 2. The van der Waals surface area contributed by atoms with Crippen molar-refractivity contribution in [2.75, 3.05) is 33.2 Å². The van der Waals surface area contributed by atoms with Crippen LogP contribution in [0.4, 0.5) is 14.6 Å². The number of aromatic nitrogens is 2. The minimum atomic E-state index is -0.887. The van der Waals surface area contributed by atoms with Crippen LogP contribution in [-0.2, 0) is 9.48 Å². The molecule has 0 saturated carbocycles. The third kappa shape index (κ3) is 3.32. The average molecular weight is 359 g/mol. The van der Waals surface area contributed by atoms with Gasteiger partial charge in [-0.3, -0.25) is 0 Å². The number of nitrogens with zero attached hydrogens (tertiary/aromatic N) is 2. The van der Waals surface area contributed by atoms with Gasteiger partial charge in [-0.1, -0.05) is 0 Å². The van der Waals surface area contributed by atoms with Crippen LogP contribution in [0.5, 0.6) is 11.5 Å². The molecule has 9 heteroatoms. The molecule has 1 aromatic heterocycles. The van der Waals surface area contributed by atoms with Gasteiger partial charge in [0.15, 0.2) is 11.6 Å². The highest BCUT2D eigenvalue weighted by Gasteiger charge is 2.28.